The van der Waals surface area contributed by atoms with Gasteiger partial charge in [0.15, 0.2) is 0 Å². The number of hydrogen-bond acceptors (Lipinski definition) is 4. The number of aliphatic hydroxyl groups excluding tert-OH is 2. The fourth-order valence-electron chi connectivity index (χ4n) is 2.54. The van der Waals surface area contributed by atoms with Crippen molar-refractivity contribution in [2.75, 3.05) is 20.3 Å². The van der Waals surface area contributed by atoms with Gasteiger partial charge in [-0.2, -0.15) is 0 Å². The lowest BCUT2D eigenvalue weighted by Gasteiger charge is -2.29. The van der Waals surface area contributed by atoms with Crippen LogP contribution >= 0.6 is 0 Å². The molecule has 0 aliphatic heterocycles. The lowest BCUT2D eigenvalue weighted by atomic mass is 9.87. The molecule has 0 bridgehead atoms. The van der Waals surface area contributed by atoms with Gasteiger partial charge in [0.05, 0.1) is 26.4 Å². The van der Waals surface area contributed by atoms with Gasteiger partial charge in [0.1, 0.15) is 5.75 Å². The molecule has 0 amide bonds. The molecule has 1 aromatic rings. The quantitative estimate of drug-likeness (QED) is 0.731. The monoisotopic (exact) mass is 251 g/mol. The third kappa shape index (κ3) is 2.83. The van der Waals surface area contributed by atoms with Gasteiger partial charge in [0.25, 0.3) is 0 Å². The first kappa shape index (κ1) is 13.3. The highest BCUT2D eigenvalue weighted by atomic mass is 16.5. The zero-order chi connectivity index (χ0) is 13.0. The summed E-state index contributed by atoms with van der Waals surface area (Å²) in [7, 11) is 1.67. The van der Waals surface area contributed by atoms with Gasteiger partial charge >= 0.3 is 0 Å². The summed E-state index contributed by atoms with van der Waals surface area (Å²) in [5.74, 6) is 0.885. The highest BCUT2D eigenvalue weighted by Crippen LogP contribution is 2.32. The van der Waals surface area contributed by atoms with Gasteiger partial charge < -0.3 is 20.3 Å². The molecule has 1 aliphatic rings. The van der Waals surface area contributed by atoms with Gasteiger partial charge in [0, 0.05) is 6.04 Å². The van der Waals surface area contributed by atoms with Crippen LogP contribution in [-0.2, 0) is 6.42 Å². The predicted octanol–water partition coefficient (Wildman–Crippen LogP) is 1.02. The first-order valence-electron chi connectivity index (χ1n) is 6.43. The Hall–Kier alpha value is -1.10. The van der Waals surface area contributed by atoms with Crippen LogP contribution < -0.4 is 10.1 Å². The summed E-state index contributed by atoms with van der Waals surface area (Å²) in [4.78, 5) is 0. The summed E-state index contributed by atoms with van der Waals surface area (Å²) < 4.78 is 5.24. The average molecular weight is 251 g/mol. The van der Waals surface area contributed by atoms with Crippen molar-refractivity contribution in [3.63, 3.8) is 0 Å². The number of benzene rings is 1. The van der Waals surface area contributed by atoms with Gasteiger partial charge in [-0.05, 0) is 42.5 Å². The molecule has 0 spiro atoms. The molecule has 0 heterocycles. The molecule has 1 aromatic carbocycles. The maximum absolute atomic E-state index is 9.14. The van der Waals surface area contributed by atoms with Crippen LogP contribution in [0.25, 0.3) is 0 Å². The minimum atomic E-state index is -0.247. The van der Waals surface area contributed by atoms with E-state index >= 15 is 0 Å². The summed E-state index contributed by atoms with van der Waals surface area (Å²) in [6.45, 7) is -0.0863. The van der Waals surface area contributed by atoms with Crippen molar-refractivity contribution in [3.05, 3.63) is 29.3 Å². The van der Waals surface area contributed by atoms with Crippen molar-refractivity contribution in [2.45, 2.75) is 31.3 Å². The normalized spacial score (nSPS) is 18.8. The van der Waals surface area contributed by atoms with E-state index in [4.69, 9.17) is 14.9 Å². The number of methoxy groups -OCH3 is 1. The Kier molecular flexibility index (Phi) is 4.58. The van der Waals surface area contributed by atoms with Crippen molar-refractivity contribution < 1.29 is 14.9 Å². The van der Waals surface area contributed by atoms with Gasteiger partial charge in [-0.1, -0.05) is 6.07 Å². The molecule has 0 aromatic heterocycles. The van der Waals surface area contributed by atoms with Crippen LogP contribution in [0.1, 0.15) is 30.0 Å². The van der Waals surface area contributed by atoms with Crippen LogP contribution in [-0.4, -0.2) is 36.6 Å². The molecule has 3 N–H and O–H groups in total. The van der Waals surface area contributed by atoms with Crippen LogP contribution in [0.2, 0.25) is 0 Å². The van der Waals surface area contributed by atoms with E-state index in [1.165, 1.54) is 11.1 Å². The standard InChI is InChI=1S/C14H21NO3/c1-18-12-5-6-13-10(7-12)3-2-4-14(13)15-11(8-16)9-17/h5-7,11,14-17H,2-4,8-9H2,1H3. The van der Waals surface area contributed by atoms with Crippen LogP contribution in [0.5, 0.6) is 5.75 Å². The van der Waals surface area contributed by atoms with E-state index in [1.54, 1.807) is 7.11 Å². The van der Waals surface area contributed by atoms with Crippen molar-refractivity contribution in [2.24, 2.45) is 0 Å². The number of rotatable bonds is 5. The van der Waals surface area contributed by atoms with Crippen LogP contribution in [0.15, 0.2) is 18.2 Å². The number of nitrogens with one attached hydrogen (secondary N) is 1. The molecular weight excluding hydrogens is 230 g/mol. The Bertz CT molecular complexity index is 391. The maximum atomic E-state index is 9.14. The third-order valence-electron chi connectivity index (χ3n) is 3.54. The molecule has 1 atom stereocenters. The predicted molar refractivity (Wildman–Crippen MR) is 69.8 cm³/mol. The maximum Gasteiger partial charge on any atom is 0.119 e. The second-order valence-corrected chi connectivity index (χ2v) is 4.74. The van der Waals surface area contributed by atoms with Crippen LogP contribution in [0.4, 0.5) is 0 Å². The van der Waals surface area contributed by atoms with Gasteiger partial charge in [-0.3, -0.25) is 0 Å². The largest absolute Gasteiger partial charge is 0.497 e. The average Bonchev–Trinajstić information content (AvgIpc) is 2.44. The van der Waals surface area contributed by atoms with E-state index in [-0.39, 0.29) is 25.3 Å². The highest BCUT2D eigenvalue weighted by molar-refractivity contribution is 5.39. The molecule has 18 heavy (non-hydrogen) atoms. The summed E-state index contributed by atoms with van der Waals surface area (Å²) in [6.07, 6.45) is 3.21. The summed E-state index contributed by atoms with van der Waals surface area (Å²) >= 11 is 0. The van der Waals surface area contributed by atoms with Crippen molar-refractivity contribution >= 4 is 0 Å². The molecule has 0 radical (unpaired) electrons. The minimum Gasteiger partial charge on any atom is -0.497 e. The summed E-state index contributed by atoms with van der Waals surface area (Å²) in [5, 5.41) is 21.6. The number of fused-ring (bicyclic) bond motifs is 1. The highest BCUT2D eigenvalue weighted by Gasteiger charge is 2.22. The van der Waals surface area contributed by atoms with E-state index in [1.807, 2.05) is 6.07 Å². The van der Waals surface area contributed by atoms with E-state index in [0.29, 0.717) is 0 Å². The van der Waals surface area contributed by atoms with Crippen molar-refractivity contribution in [1.29, 1.82) is 0 Å². The molecule has 4 heteroatoms. The van der Waals surface area contributed by atoms with Crippen molar-refractivity contribution in [1.82, 2.24) is 5.32 Å². The Morgan fingerprint density at radius 3 is 2.83 bits per heavy atom. The molecule has 4 nitrogen and oxygen atoms in total. The van der Waals surface area contributed by atoms with E-state index < -0.39 is 0 Å². The second-order valence-electron chi connectivity index (χ2n) is 4.74. The van der Waals surface area contributed by atoms with Gasteiger partial charge in [-0.15, -0.1) is 0 Å². The molecular formula is C14H21NO3. The van der Waals surface area contributed by atoms with Crippen molar-refractivity contribution in [3.8, 4) is 5.75 Å². The topological polar surface area (TPSA) is 61.7 Å². The molecule has 0 saturated heterocycles. The molecule has 1 aliphatic carbocycles. The van der Waals surface area contributed by atoms with E-state index in [9.17, 15) is 0 Å². The van der Waals surface area contributed by atoms with Gasteiger partial charge in [0.2, 0.25) is 0 Å². The second kappa shape index (κ2) is 6.18. The first-order chi connectivity index (χ1) is 8.78. The Morgan fingerprint density at radius 2 is 2.17 bits per heavy atom. The third-order valence-corrected chi connectivity index (χ3v) is 3.54. The molecule has 2 rings (SSSR count). The smallest absolute Gasteiger partial charge is 0.119 e. The van der Waals surface area contributed by atoms with E-state index in [0.717, 1.165) is 25.0 Å². The lowest BCUT2D eigenvalue weighted by Crippen LogP contribution is -2.39. The van der Waals surface area contributed by atoms with Crippen LogP contribution in [0, 0.1) is 0 Å². The number of aliphatic hydroxyl groups is 2. The number of ether oxygens (including phenoxy) is 1. The Labute approximate surface area is 108 Å². The number of aryl methyl sites for hydroxylation is 1. The SMILES string of the molecule is COc1ccc2c(c1)CCCC2NC(CO)CO. The van der Waals surface area contributed by atoms with Gasteiger partial charge in [-0.25, -0.2) is 0 Å². The lowest BCUT2D eigenvalue weighted by molar-refractivity contribution is 0.159. The summed E-state index contributed by atoms with van der Waals surface area (Å²) in [6, 6.07) is 6.09. The van der Waals surface area contributed by atoms with E-state index in [2.05, 4.69) is 17.4 Å². The first-order valence-corrected chi connectivity index (χ1v) is 6.43. The van der Waals surface area contributed by atoms with Crippen LogP contribution in [0.3, 0.4) is 0 Å². The molecule has 1 unspecified atom stereocenters. The molecule has 0 fully saturated rings. The summed E-state index contributed by atoms with van der Waals surface area (Å²) in [5.41, 5.74) is 2.56. The minimum absolute atomic E-state index is 0.0432. The Morgan fingerprint density at radius 1 is 1.39 bits per heavy atom. The number of hydrogen-bond donors (Lipinski definition) is 3. The zero-order valence-electron chi connectivity index (χ0n) is 10.7. The fraction of sp³-hybridized carbons (Fsp3) is 0.571. The Balaban J connectivity index is 2.17. The molecule has 100 valence electrons. The zero-order valence-corrected chi connectivity index (χ0v) is 10.7. The molecule has 0 saturated carbocycles. The fourth-order valence-corrected chi connectivity index (χ4v) is 2.54.